The molecular formula is C21H27N3O3S. The lowest BCUT2D eigenvalue weighted by Gasteiger charge is -2.28. The number of sulfone groups is 1. The third-order valence-corrected chi connectivity index (χ3v) is 7.82. The van der Waals surface area contributed by atoms with E-state index < -0.39 is 9.84 Å². The van der Waals surface area contributed by atoms with Crippen LogP contribution in [0.4, 0.5) is 0 Å². The van der Waals surface area contributed by atoms with E-state index in [1.54, 1.807) is 0 Å². The summed E-state index contributed by atoms with van der Waals surface area (Å²) in [6, 6.07) is 7.49. The van der Waals surface area contributed by atoms with E-state index in [9.17, 15) is 13.2 Å². The Morgan fingerprint density at radius 1 is 1.18 bits per heavy atom. The van der Waals surface area contributed by atoms with Gasteiger partial charge in [0.15, 0.2) is 9.84 Å². The van der Waals surface area contributed by atoms with Gasteiger partial charge < -0.3 is 5.32 Å². The fourth-order valence-electron chi connectivity index (χ4n) is 4.65. The molecule has 1 amide bonds. The molecule has 4 rings (SSSR count). The summed E-state index contributed by atoms with van der Waals surface area (Å²) in [7, 11) is -3.11. The summed E-state index contributed by atoms with van der Waals surface area (Å²) in [4.78, 5) is 19.7. The first-order chi connectivity index (χ1) is 13.3. The van der Waals surface area contributed by atoms with Crippen molar-refractivity contribution in [3.63, 3.8) is 0 Å². The van der Waals surface area contributed by atoms with Crippen molar-refractivity contribution >= 4 is 26.6 Å². The van der Waals surface area contributed by atoms with E-state index in [4.69, 9.17) is 0 Å². The number of carbonyl (C=O) groups excluding carboxylic acids is 1. The van der Waals surface area contributed by atoms with Crippen LogP contribution in [0.25, 0.3) is 10.9 Å². The van der Waals surface area contributed by atoms with Crippen LogP contribution in [0.2, 0.25) is 0 Å². The lowest BCUT2D eigenvalue weighted by molar-refractivity contribution is -0.121. The summed E-state index contributed by atoms with van der Waals surface area (Å²) in [5.74, 6) is 0.0519. The zero-order chi connectivity index (χ0) is 19.9. The second kappa shape index (κ2) is 7.44. The van der Waals surface area contributed by atoms with Crippen molar-refractivity contribution in [2.45, 2.75) is 45.2 Å². The number of pyridine rings is 1. The third kappa shape index (κ3) is 3.78. The van der Waals surface area contributed by atoms with E-state index in [0.29, 0.717) is 0 Å². The Morgan fingerprint density at radius 3 is 2.64 bits per heavy atom. The van der Waals surface area contributed by atoms with Crippen LogP contribution in [-0.2, 0) is 21.1 Å². The van der Waals surface area contributed by atoms with E-state index in [-0.39, 0.29) is 35.9 Å². The molecule has 1 aromatic carbocycles. The highest BCUT2D eigenvalue weighted by Crippen LogP contribution is 2.25. The first kappa shape index (κ1) is 19.3. The Kier molecular flexibility index (Phi) is 5.14. The number of nitrogens with zero attached hydrogens (tertiary/aromatic N) is 2. The highest BCUT2D eigenvalue weighted by Gasteiger charge is 2.42. The molecule has 7 heteroatoms. The van der Waals surface area contributed by atoms with E-state index >= 15 is 0 Å². The second-order valence-corrected chi connectivity index (χ2v) is 10.2. The molecule has 1 N–H and O–H groups in total. The molecule has 0 bridgehead atoms. The average Bonchev–Trinajstić information content (AvgIpc) is 3.26. The molecule has 2 aliphatic heterocycles. The first-order valence-electron chi connectivity index (χ1n) is 9.93. The minimum atomic E-state index is -3.11. The molecule has 0 aliphatic carbocycles. The van der Waals surface area contributed by atoms with Crippen molar-refractivity contribution in [3.8, 4) is 0 Å². The molecule has 1 aromatic heterocycles. The Hall–Kier alpha value is -1.99. The zero-order valence-electron chi connectivity index (χ0n) is 16.4. The van der Waals surface area contributed by atoms with Gasteiger partial charge in [-0.05, 0) is 57.0 Å². The van der Waals surface area contributed by atoms with E-state index in [1.165, 1.54) is 0 Å². The fraction of sp³-hybridized carbons (Fsp3) is 0.524. The maximum atomic E-state index is 12.8. The number of nitrogens with one attached hydrogen (secondary N) is 1. The average molecular weight is 402 g/mol. The monoisotopic (exact) mass is 401 g/mol. The van der Waals surface area contributed by atoms with Gasteiger partial charge in [0.05, 0.1) is 29.5 Å². The van der Waals surface area contributed by atoms with Crippen LogP contribution in [0.5, 0.6) is 0 Å². The Morgan fingerprint density at radius 2 is 1.89 bits per heavy atom. The quantitative estimate of drug-likeness (QED) is 0.845. The number of aryl methyl sites for hydroxylation is 2. The van der Waals surface area contributed by atoms with Crippen LogP contribution in [0, 0.1) is 13.8 Å². The minimum absolute atomic E-state index is 0.0356. The molecule has 0 radical (unpaired) electrons. The number of fused-ring (bicyclic) bond motifs is 1. The summed E-state index contributed by atoms with van der Waals surface area (Å²) in [6.45, 7) is 5.78. The third-order valence-electron chi connectivity index (χ3n) is 6.10. The summed E-state index contributed by atoms with van der Waals surface area (Å²) in [5.41, 5.74) is 3.77. The van der Waals surface area contributed by atoms with Crippen LogP contribution in [-0.4, -0.2) is 60.9 Å². The normalized spacial score (nSPS) is 24.6. The van der Waals surface area contributed by atoms with Gasteiger partial charge in [-0.3, -0.25) is 14.7 Å². The number of para-hydroxylation sites is 1. The number of benzene rings is 1. The molecule has 2 fully saturated rings. The number of rotatable bonds is 4. The fourth-order valence-corrected chi connectivity index (χ4v) is 6.60. The summed E-state index contributed by atoms with van der Waals surface area (Å²) < 4.78 is 24.4. The lowest BCUT2D eigenvalue weighted by atomic mass is 9.99. The molecule has 3 heterocycles. The maximum Gasteiger partial charge on any atom is 0.224 e. The standard InChI is InChI=1S/C21H27N3O3S/c1-14-16-7-3-4-8-18(16)22-15(2)17(14)11-21(25)23-19-12-28(26,27)13-20(19)24-9-5-6-10-24/h3-4,7-8,19-20H,5-6,9-13H2,1-2H3,(H,23,25). The highest BCUT2D eigenvalue weighted by molar-refractivity contribution is 7.91. The van der Waals surface area contributed by atoms with E-state index in [1.807, 2.05) is 38.1 Å². The number of amides is 1. The number of carbonyl (C=O) groups is 1. The lowest BCUT2D eigenvalue weighted by Crippen LogP contribution is -2.50. The van der Waals surface area contributed by atoms with Crippen molar-refractivity contribution in [2.75, 3.05) is 24.6 Å². The van der Waals surface area contributed by atoms with Crippen LogP contribution < -0.4 is 5.32 Å². The Labute approximate surface area is 166 Å². The predicted molar refractivity (Wildman–Crippen MR) is 110 cm³/mol. The SMILES string of the molecule is Cc1nc2ccccc2c(C)c1CC(=O)NC1CS(=O)(=O)CC1N1CCCC1. The van der Waals surface area contributed by atoms with Gasteiger partial charge in [0.1, 0.15) is 0 Å². The van der Waals surface area contributed by atoms with Crippen molar-refractivity contribution in [1.29, 1.82) is 0 Å². The van der Waals surface area contributed by atoms with Crippen molar-refractivity contribution < 1.29 is 13.2 Å². The molecule has 6 nitrogen and oxygen atoms in total. The van der Waals surface area contributed by atoms with Crippen molar-refractivity contribution in [2.24, 2.45) is 0 Å². The molecule has 2 aromatic rings. The molecular weight excluding hydrogens is 374 g/mol. The van der Waals surface area contributed by atoms with Gasteiger partial charge in [-0.1, -0.05) is 18.2 Å². The molecule has 2 unspecified atom stereocenters. The van der Waals surface area contributed by atoms with E-state index in [0.717, 1.165) is 53.7 Å². The number of hydrogen-bond acceptors (Lipinski definition) is 5. The molecule has 2 aliphatic rings. The van der Waals surface area contributed by atoms with Gasteiger partial charge in [-0.2, -0.15) is 0 Å². The summed E-state index contributed by atoms with van der Waals surface area (Å²) in [6.07, 6.45) is 2.41. The molecule has 0 spiro atoms. The number of aromatic nitrogens is 1. The van der Waals surface area contributed by atoms with Crippen LogP contribution >= 0.6 is 0 Å². The van der Waals surface area contributed by atoms with Crippen LogP contribution in [0.3, 0.4) is 0 Å². The van der Waals surface area contributed by atoms with Gasteiger partial charge in [0.25, 0.3) is 0 Å². The van der Waals surface area contributed by atoms with Crippen LogP contribution in [0.1, 0.15) is 29.7 Å². The predicted octanol–water partition coefficient (Wildman–Crippen LogP) is 1.77. The smallest absolute Gasteiger partial charge is 0.224 e. The molecule has 28 heavy (non-hydrogen) atoms. The largest absolute Gasteiger partial charge is 0.350 e. The zero-order valence-corrected chi connectivity index (χ0v) is 17.3. The molecule has 0 saturated carbocycles. The number of likely N-dealkylation sites (tertiary alicyclic amines) is 1. The summed E-state index contributed by atoms with van der Waals surface area (Å²) in [5, 5.41) is 4.08. The van der Waals surface area contributed by atoms with Gasteiger partial charge in [0, 0.05) is 17.1 Å². The maximum absolute atomic E-state index is 12.8. The molecule has 150 valence electrons. The van der Waals surface area contributed by atoms with Gasteiger partial charge in [-0.15, -0.1) is 0 Å². The van der Waals surface area contributed by atoms with Crippen LogP contribution in [0.15, 0.2) is 24.3 Å². The molecule has 2 saturated heterocycles. The van der Waals surface area contributed by atoms with E-state index in [2.05, 4.69) is 15.2 Å². The number of hydrogen-bond donors (Lipinski definition) is 1. The Balaban J connectivity index is 1.53. The summed E-state index contributed by atoms with van der Waals surface area (Å²) >= 11 is 0. The minimum Gasteiger partial charge on any atom is -0.350 e. The second-order valence-electron chi connectivity index (χ2n) is 8.06. The van der Waals surface area contributed by atoms with Gasteiger partial charge in [-0.25, -0.2) is 8.42 Å². The topological polar surface area (TPSA) is 79.4 Å². The van der Waals surface area contributed by atoms with Gasteiger partial charge >= 0.3 is 0 Å². The highest BCUT2D eigenvalue weighted by atomic mass is 32.2. The first-order valence-corrected chi connectivity index (χ1v) is 11.7. The van der Waals surface area contributed by atoms with Crippen molar-refractivity contribution in [1.82, 2.24) is 15.2 Å². The molecule has 2 atom stereocenters. The van der Waals surface area contributed by atoms with Crippen molar-refractivity contribution in [3.05, 3.63) is 41.1 Å². The van der Waals surface area contributed by atoms with Gasteiger partial charge in [0.2, 0.25) is 5.91 Å². The Bertz CT molecular complexity index is 1010.